The molecule has 1 nitrogen and oxygen atoms in total. The van der Waals surface area contributed by atoms with Crippen LogP contribution in [0.2, 0.25) is 10.0 Å². The lowest BCUT2D eigenvalue weighted by atomic mass is 10.0. The lowest BCUT2D eigenvalue weighted by Crippen LogP contribution is -2.18. The van der Waals surface area contributed by atoms with Crippen molar-refractivity contribution in [2.45, 2.75) is 27.7 Å². The quantitative estimate of drug-likeness (QED) is 0.223. The van der Waals surface area contributed by atoms with Gasteiger partial charge in [-0.25, -0.2) is 0 Å². The van der Waals surface area contributed by atoms with Crippen molar-refractivity contribution in [1.29, 1.82) is 0 Å². The summed E-state index contributed by atoms with van der Waals surface area (Å²) < 4.78 is -0.653. The summed E-state index contributed by atoms with van der Waals surface area (Å²) in [6, 6.07) is 36.3. The largest absolute Gasteiger partial charge is 0.362 e. The van der Waals surface area contributed by atoms with Crippen molar-refractivity contribution in [3.8, 4) is 0 Å². The third kappa shape index (κ3) is 4.07. The van der Waals surface area contributed by atoms with E-state index in [2.05, 4.69) is 90.0 Å². The zero-order chi connectivity index (χ0) is 25.0. The second-order valence-electron chi connectivity index (χ2n) is 8.85. The number of fused-ring (bicyclic) bond motifs is 2. The van der Waals surface area contributed by atoms with Gasteiger partial charge in [-0.3, -0.25) is 0 Å². The zero-order valence-electron chi connectivity index (χ0n) is 19.3. The number of aromatic amines is 1. The molecule has 4 aromatic carbocycles. The Bertz CT molecular complexity index is 1440. The van der Waals surface area contributed by atoms with Crippen molar-refractivity contribution in [2.24, 2.45) is 0 Å². The first-order valence-electron chi connectivity index (χ1n) is 11.7. The minimum atomic E-state index is -0.339. The molecule has 3 heterocycles. The molecule has 0 fully saturated rings. The molecule has 2 aliphatic rings. The first-order chi connectivity index (χ1) is 18.1. The summed E-state index contributed by atoms with van der Waals surface area (Å²) in [6.45, 7) is 0. The summed E-state index contributed by atoms with van der Waals surface area (Å²) in [7, 11) is 0. The van der Waals surface area contributed by atoms with Gasteiger partial charge in [0.2, 0.25) is 0 Å². The molecule has 0 amide bonds. The Kier molecular flexibility index (Phi) is 6.15. The molecule has 1 aromatic heterocycles. The Balaban J connectivity index is 1.38. The van der Waals surface area contributed by atoms with Gasteiger partial charge in [-0.2, -0.15) is 0 Å². The number of thioether (sulfide) groups is 4. The van der Waals surface area contributed by atoms with Crippen LogP contribution in [0, 0.1) is 0 Å². The van der Waals surface area contributed by atoms with Gasteiger partial charge in [0, 0.05) is 47.1 Å². The van der Waals surface area contributed by atoms with Gasteiger partial charge < -0.3 is 4.98 Å². The Morgan fingerprint density at radius 2 is 0.892 bits per heavy atom. The standard InChI is InChI=1S/C30H19Cl2NS4/c31-22-13-9-19(10-14-22)29(34-24-5-1-2-6-25(24)35-29)21-17-28(33-18-21)30(20-11-15-23(32)16-12-20)36-26-7-3-4-8-27(26)37-30/h1-18,33H. The number of rotatable bonds is 4. The van der Waals surface area contributed by atoms with Crippen LogP contribution in [0.1, 0.15) is 22.4 Å². The number of hydrogen-bond donors (Lipinski definition) is 1. The van der Waals surface area contributed by atoms with Gasteiger partial charge in [0.15, 0.2) is 0 Å². The number of nitrogens with one attached hydrogen (secondary N) is 1. The molecule has 2 aliphatic heterocycles. The molecule has 0 atom stereocenters. The Morgan fingerprint density at radius 1 is 0.486 bits per heavy atom. The fraction of sp³-hybridized carbons (Fsp3) is 0.0667. The third-order valence-electron chi connectivity index (χ3n) is 6.58. The van der Waals surface area contributed by atoms with Gasteiger partial charge in [-0.05, 0) is 65.7 Å². The van der Waals surface area contributed by atoms with E-state index in [-0.39, 0.29) is 8.16 Å². The average Bonchev–Trinajstić information content (AvgIpc) is 3.65. The van der Waals surface area contributed by atoms with Gasteiger partial charge in [-0.15, -0.1) is 0 Å². The first kappa shape index (κ1) is 24.2. The molecule has 0 bridgehead atoms. The maximum absolute atomic E-state index is 6.30. The maximum Gasteiger partial charge on any atom is 0.135 e. The molecule has 7 heteroatoms. The topological polar surface area (TPSA) is 15.8 Å². The zero-order valence-corrected chi connectivity index (χ0v) is 24.1. The lowest BCUT2D eigenvalue weighted by Gasteiger charge is -2.29. The molecule has 182 valence electrons. The molecule has 37 heavy (non-hydrogen) atoms. The van der Waals surface area contributed by atoms with Gasteiger partial charge in [-0.1, -0.05) is 119 Å². The van der Waals surface area contributed by atoms with E-state index in [1.807, 2.05) is 71.3 Å². The first-order valence-corrected chi connectivity index (χ1v) is 15.7. The molecular weight excluding hydrogens is 574 g/mol. The van der Waals surface area contributed by atoms with Crippen LogP contribution >= 0.6 is 70.2 Å². The van der Waals surface area contributed by atoms with E-state index in [9.17, 15) is 0 Å². The molecular formula is C30H19Cl2NS4. The highest BCUT2D eigenvalue weighted by Gasteiger charge is 2.47. The summed E-state index contributed by atoms with van der Waals surface area (Å²) in [4.78, 5) is 8.91. The molecule has 0 aliphatic carbocycles. The van der Waals surface area contributed by atoms with Crippen LogP contribution in [-0.4, -0.2) is 4.98 Å². The Morgan fingerprint density at radius 3 is 1.35 bits per heavy atom. The Labute approximate surface area is 243 Å². The van der Waals surface area contributed by atoms with Crippen molar-refractivity contribution in [3.63, 3.8) is 0 Å². The monoisotopic (exact) mass is 591 g/mol. The second-order valence-corrected chi connectivity index (χ2v) is 15.3. The van der Waals surface area contributed by atoms with Crippen molar-refractivity contribution in [2.75, 3.05) is 0 Å². The summed E-state index contributed by atoms with van der Waals surface area (Å²) in [5, 5.41) is 1.49. The van der Waals surface area contributed by atoms with E-state index in [1.165, 1.54) is 42.0 Å². The van der Waals surface area contributed by atoms with E-state index >= 15 is 0 Å². The van der Waals surface area contributed by atoms with E-state index in [0.29, 0.717) is 0 Å². The van der Waals surface area contributed by atoms with E-state index in [4.69, 9.17) is 23.2 Å². The molecule has 0 unspecified atom stereocenters. The molecule has 0 spiro atoms. The highest BCUT2D eigenvalue weighted by atomic mass is 35.5. The van der Waals surface area contributed by atoms with Crippen molar-refractivity contribution >= 4 is 70.2 Å². The van der Waals surface area contributed by atoms with Gasteiger partial charge in [0.1, 0.15) is 8.16 Å². The molecule has 0 saturated heterocycles. The van der Waals surface area contributed by atoms with Gasteiger partial charge in [0.25, 0.3) is 0 Å². The van der Waals surface area contributed by atoms with E-state index in [1.54, 1.807) is 0 Å². The van der Waals surface area contributed by atoms with Crippen LogP contribution in [0.5, 0.6) is 0 Å². The molecule has 0 saturated carbocycles. The molecule has 1 N–H and O–H groups in total. The fourth-order valence-electron chi connectivity index (χ4n) is 4.80. The molecule has 7 rings (SSSR count). The predicted octanol–water partition coefficient (Wildman–Crippen LogP) is 10.5. The second kappa shape index (κ2) is 9.41. The average molecular weight is 593 g/mol. The summed E-state index contributed by atoms with van der Waals surface area (Å²) in [5.74, 6) is 0. The number of hydrogen-bond acceptors (Lipinski definition) is 4. The molecule has 0 radical (unpaired) electrons. The van der Waals surface area contributed by atoms with Crippen molar-refractivity contribution in [1.82, 2.24) is 4.98 Å². The van der Waals surface area contributed by atoms with Crippen LogP contribution in [0.4, 0.5) is 0 Å². The highest BCUT2D eigenvalue weighted by Crippen LogP contribution is 2.67. The smallest absolute Gasteiger partial charge is 0.135 e. The van der Waals surface area contributed by atoms with Crippen LogP contribution in [0.3, 0.4) is 0 Å². The number of H-pyrrole nitrogens is 1. The maximum atomic E-state index is 6.30. The van der Waals surface area contributed by atoms with E-state index in [0.717, 1.165) is 10.0 Å². The highest BCUT2D eigenvalue weighted by molar-refractivity contribution is 8.20. The van der Waals surface area contributed by atoms with Gasteiger partial charge in [0.05, 0.1) is 0 Å². The normalized spacial score (nSPS) is 16.9. The van der Waals surface area contributed by atoms with Crippen molar-refractivity contribution < 1.29 is 0 Å². The van der Waals surface area contributed by atoms with Crippen LogP contribution in [-0.2, 0) is 8.16 Å². The number of aromatic nitrogens is 1. The number of benzene rings is 4. The van der Waals surface area contributed by atoms with Crippen LogP contribution < -0.4 is 0 Å². The van der Waals surface area contributed by atoms with Crippen LogP contribution in [0.25, 0.3) is 0 Å². The predicted molar refractivity (Wildman–Crippen MR) is 162 cm³/mol. The van der Waals surface area contributed by atoms with E-state index < -0.39 is 0 Å². The third-order valence-corrected chi connectivity index (χ3v) is 13.6. The fourth-order valence-corrected chi connectivity index (χ4v) is 11.4. The summed E-state index contributed by atoms with van der Waals surface area (Å²) in [6.07, 6.45) is 2.19. The summed E-state index contributed by atoms with van der Waals surface area (Å²) >= 11 is 20.2. The Hall–Kier alpha value is -1.86. The van der Waals surface area contributed by atoms with Gasteiger partial charge >= 0.3 is 0 Å². The van der Waals surface area contributed by atoms with Crippen molar-refractivity contribution in [3.05, 3.63) is 142 Å². The minimum absolute atomic E-state index is 0.314. The molecule has 5 aromatic rings. The minimum Gasteiger partial charge on any atom is -0.362 e. The van der Waals surface area contributed by atoms with Crippen LogP contribution in [0.15, 0.2) is 129 Å². The summed E-state index contributed by atoms with van der Waals surface area (Å²) in [5.41, 5.74) is 4.85. The SMILES string of the molecule is Clc1ccc(C2(c3c[nH]c(C4(c5ccc(Cl)cc5)Sc5ccccc5S4)c3)Sc3ccccc3S2)cc1. The number of halogens is 2. The lowest BCUT2D eigenvalue weighted by molar-refractivity contribution is 1.02.